The van der Waals surface area contributed by atoms with Gasteiger partial charge in [-0.25, -0.2) is 0 Å². The van der Waals surface area contributed by atoms with E-state index in [1.807, 2.05) is 25.9 Å². The molecule has 3 nitrogen and oxygen atoms in total. The molecule has 1 N–H and O–H groups in total. The average molecular weight is 186 g/mol. The van der Waals surface area contributed by atoms with Gasteiger partial charge < -0.3 is 10.0 Å². The molecule has 0 aliphatic carbocycles. The summed E-state index contributed by atoms with van der Waals surface area (Å²) in [5, 5.41) is 10.0. The first-order chi connectivity index (χ1) is 5.89. The maximum atomic E-state index is 10.0. The standard InChI is InChI=1S/C10H22N2O/c1-9-5-12(6-9)8-10(2,13)7-11(3)4/h9,13H,5-8H2,1-4H3. The van der Waals surface area contributed by atoms with Gasteiger partial charge in [-0.2, -0.15) is 0 Å². The molecule has 78 valence electrons. The summed E-state index contributed by atoms with van der Waals surface area (Å²) < 4.78 is 0. The third-order valence-electron chi connectivity index (χ3n) is 2.36. The van der Waals surface area contributed by atoms with Gasteiger partial charge in [-0.1, -0.05) is 6.92 Å². The van der Waals surface area contributed by atoms with E-state index in [0.29, 0.717) is 0 Å². The normalized spacial score (nSPS) is 24.5. The summed E-state index contributed by atoms with van der Waals surface area (Å²) in [6.07, 6.45) is 0. The molecule has 1 rings (SSSR count). The summed E-state index contributed by atoms with van der Waals surface area (Å²) in [6.45, 7) is 7.98. The van der Waals surface area contributed by atoms with Gasteiger partial charge >= 0.3 is 0 Å². The second kappa shape index (κ2) is 3.95. The van der Waals surface area contributed by atoms with Crippen molar-refractivity contribution in [1.29, 1.82) is 0 Å². The number of rotatable bonds is 4. The molecule has 1 saturated heterocycles. The predicted molar refractivity (Wildman–Crippen MR) is 54.8 cm³/mol. The second-order valence-electron chi connectivity index (χ2n) is 5.03. The Morgan fingerprint density at radius 3 is 2.38 bits per heavy atom. The third-order valence-corrected chi connectivity index (χ3v) is 2.36. The molecule has 0 aromatic rings. The van der Waals surface area contributed by atoms with Crippen molar-refractivity contribution in [1.82, 2.24) is 9.80 Å². The van der Waals surface area contributed by atoms with Crippen LogP contribution in [-0.2, 0) is 0 Å². The first kappa shape index (κ1) is 11.0. The van der Waals surface area contributed by atoms with Gasteiger partial charge in [0.1, 0.15) is 0 Å². The van der Waals surface area contributed by atoms with Gasteiger partial charge in [0.2, 0.25) is 0 Å². The molecule has 0 saturated carbocycles. The van der Waals surface area contributed by atoms with Crippen molar-refractivity contribution in [2.45, 2.75) is 19.4 Å². The Labute approximate surface area is 81.3 Å². The lowest BCUT2D eigenvalue weighted by atomic mass is 9.98. The Balaban J connectivity index is 2.25. The molecule has 0 amide bonds. The second-order valence-corrected chi connectivity index (χ2v) is 5.03. The number of likely N-dealkylation sites (N-methyl/N-ethyl adjacent to an activating group) is 1. The number of nitrogens with zero attached hydrogens (tertiary/aromatic N) is 2. The average Bonchev–Trinajstić information content (AvgIpc) is 1.79. The lowest BCUT2D eigenvalue weighted by Crippen LogP contribution is -2.54. The van der Waals surface area contributed by atoms with Crippen LogP contribution in [0.25, 0.3) is 0 Å². The summed E-state index contributed by atoms with van der Waals surface area (Å²) in [6, 6.07) is 0. The van der Waals surface area contributed by atoms with E-state index in [0.717, 1.165) is 32.1 Å². The minimum absolute atomic E-state index is 0.566. The Bertz CT molecular complexity index is 162. The summed E-state index contributed by atoms with van der Waals surface area (Å²) in [4.78, 5) is 4.34. The highest BCUT2D eigenvalue weighted by atomic mass is 16.3. The molecule has 1 aliphatic rings. The molecule has 1 unspecified atom stereocenters. The van der Waals surface area contributed by atoms with Gasteiger partial charge in [0, 0.05) is 26.2 Å². The van der Waals surface area contributed by atoms with Crippen molar-refractivity contribution >= 4 is 0 Å². The monoisotopic (exact) mass is 186 g/mol. The van der Waals surface area contributed by atoms with Crippen molar-refractivity contribution in [3.63, 3.8) is 0 Å². The zero-order valence-electron chi connectivity index (χ0n) is 9.25. The molecule has 1 heterocycles. The first-order valence-electron chi connectivity index (χ1n) is 4.98. The molecule has 1 atom stereocenters. The molecular weight excluding hydrogens is 164 g/mol. The van der Waals surface area contributed by atoms with Crippen LogP contribution in [0.1, 0.15) is 13.8 Å². The van der Waals surface area contributed by atoms with Crippen LogP contribution in [0.2, 0.25) is 0 Å². The van der Waals surface area contributed by atoms with Crippen molar-refractivity contribution in [2.24, 2.45) is 5.92 Å². The third kappa shape index (κ3) is 3.63. The molecule has 3 heteroatoms. The van der Waals surface area contributed by atoms with Gasteiger partial charge in [-0.15, -0.1) is 0 Å². The first-order valence-corrected chi connectivity index (χ1v) is 4.98. The SMILES string of the molecule is CC1CN(CC(C)(O)CN(C)C)C1. The quantitative estimate of drug-likeness (QED) is 0.682. The molecule has 0 aromatic carbocycles. The largest absolute Gasteiger partial charge is 0.388 e. The summed E-state index contributed by atoms with van der Waals surface area (Å²) in [5.41, 5.74) is -0.566. The lowest BCUT2D eigenvalue weighted by Gasteiger charge is -2.42. The fraction of sp³-hybridized carbons (Fsp3) is 1.00. The number of hydrogen-bond donors (Lipinski definition) is 1. The Morgan fingerprint density at radius 2 is 2.00 bits per heavy atom. The van der Waals surface area contributed by atoms with Crippen molar-refractivity contribution in [3.8, 4) is 0 Å². The number of aliphatic hydroxyl groups is 1. The molecule has 0 bridgehead atoms. The highest BCUT2D eigenvalue weighted by molar-refractivity contribution is 4.85. The predicted octanol–water partition coefficient (Wildman–Crippen LogP) is 0.251. The maximum Gasteiger partial charge on any atom is 0.0871 e. The van der Waals surface area contributed by atoms with E-state index in [1.54, 1.807) is 0 Å². The van der Waals surface area contributed by atoms with E-state index in [2.05, 4.69) is 11.8 Å². The van der Waals surface area contributed by atoms with E-state index >= 15 is 0 Å². The topological polar surface area (TPSA) is 26.7 Å². The molecular formula is C10H22N2O. The zero-order valence-corrected chi connectivity index (χ0v) is 9.25. The summed E-state index contributed by atoms with van der Waals surface area (Å²) >= 11 is 0. The van der Waals surface area contributed by atoms with Crippen LogP contribution < -0.4 is 0 Å². The minimum atomic E-state index is -0.566. The fourth-order valence-corrected chi connectivity index (χ4v) is 2.17. The van der Waals surface area contributed by atoms with E-state index in [4.69, 9.17) is 0 Å². The van der Waals surface area contributed by atoms with Gasteiger partial charge in [0.25, 0.3) is 0 Å². The van der Waals surface area contributed by atoms with Crippen molar-refractivity contribution < 1.29 is 5.11 Å². The van der Waals surface area contributed by atoms with Gasteiger partial charge in [0.05, 0.1) is 5.60 Å². The Morgan fingerprint density at radius 1 is 1.46 bits per heavy atom. The van der Waals surface area contributed by atoms with Gasteiger partial charge in [-0.05, 0) is 26.9 Å². The fourth-order valence-electron chi connectivity index (χ4n) is 2.17. The summed E-state index contributed by atoms with van der Waals surface area (Å²) in [7, 11) is 3.99. The number of likely N-dealkylation sites (tertiary alicyclic amines) is 1. The lowest BCUT2D eigenvalue weighted by molar-refractivity contribution is -0.0292. The van der Waals surface area contributed by atoms with Crippen LogP contribution in [0.3, 0.4) is 0 Å². The van der Waals surface area contributed by atoms with E-state index < -0.39 is 5.60 Å². The van der Waals surface area contributed by atoms with E-state index in [1.165, 1.54) is 0 Å². The zero-order chi connectivity index (χ0) is 10.1. The Kier molecular flexibility index (Phi) is 3.33. The minimum Gasteiger partial charge on any atom is -0.388 e. The van der Waals surface area contributed by atoms with Crippen LogP contribution in [-0.4, -0.2) is 60.8 Å². The van der Waals surface area contributed by atoms with Crippen molar-refractivity contribution in [3.05, 3.63) is 0 Å². The molecule has 0 spiro atoms. The molecule has 0 radical (unpaired) electrons. The van der Waals surface area contributed by atoms with Crippen LogP contribution in [0.15, 0.2) is 0 Å². The highest BCUT2D eigenvalue weighted by Gasteiger charge is 2.30. The van der Waals surface area contributed by atoms with Crippen LogP contribution in [0.4, 0.5) is 0 Å². The smallest absolute Gasteiger partial charge is 0.0871 e. The van der Waals surface area contributed by atoms with E-state index in [9.17, 15) is 5.11 Å². The van der Waals surface area contributed by atoms with Gasteiger partial charge in [0.15, 0.2) is 0 Å². The van der Waals surface area contributed by atoms with Gasteiger partial charge in [-0.3, -0.25) is 4.90 Å². The number of β-amino-alcohol motifs (C(OH)–C–C–N with tert-alkyl or cyclic N) is 1. The highest BCUT2D eigenvalue weighted by Crippen LogP contribution is 2.18. The summed E-state index contributed by atoms with van der Waals surface area (Å²) in [5.74, 6) is 0.815. The van der Waals surface area contributed by atoms with Crippen molar-refractivity contribution in [2.75, 3.05) is 40.3 Å². The molecule has 1 aliphatic heterocycles. The number of hydrogen-bond acceptors (Lipinski definition) is 3. The van der Waals surface area contributed by atoms with E-state index in [-0.39, 0.29) is 0 Å². The van der Waals surface area contributed by atoms with Crippen LogP contribution in [0.5, 0.6) is 0 Å². The van der Waals surface area contributed by atoms with Crippen LogP contribution >= 0.6 is 0 Å². The molecule has 0 aromatic heterocycles. The molecule has 13 heavy (non-hydrogen) atoms. The molecule has 1 fully saturated rings. The Hall–Kier alpha value is -0.120. The van der Waals surface area contributed by atoms with Crippen LogP contribution in [0, 0.1) is 5.92 Å². The maximum absolute atomic E-state index is 10.0.